The van der Waals surface area contributed by atoms with E-state index in [2.05, 4.69) is 0 Å². The summed E-state index contributed by atoms with van der Waals surface area (Å²) in [4.78, 5) is 0. The maximum absolute atomic E-state index is 12.2. The topological polar surface area (TPSA) is 0 Å². The average Bonchev–Trinajstić information content (AvgIpc) is 2.03. The van der Waals surface area contributed by atoms with Gasteiger partial charge in [-0.15, -0.1) is 0 Å². The summed E-state index contributed by atoms with van der Waals surface area (Å²) in [5.74, 6) is 1.86. The SMILES string of the molecule is [C]#Cc1ccc(Cl)c(C(F)(F)F)c1. The highest BCUT2D eigenvalue weighted by atomic mass is 35.5. The number of alkyl halides is 3. The Bertz CT molecular complexity index is 360. The standard InChI is InChI=1S/C9H3ClF3/c1-2-6-3-4-8(10)7(5-6)9(11,12)13/h3-5H. The predicted molar refractivity (Wildman–Crippen MR) is 42.7 cm³/mol. The number of halogens is 4. The van der Waals surface area contributed by atoms with Crippen molar-refractivity contribution in [2.45, 2.75) is 6.18 Å². The summed E-state index contributed by atoms with van der Waals surface area (Å²) >= 11 is 5.33. The molecule has 0 spiro atoms. The Morgan fingerprint density at radius 3 is 2.38 bits per heavy atom. The van der Waals surface area contributed by atoms with E-state index in [1.807, 2.05) is 5.92 Å². The minimum absolute atomic E-state index is 0.0525. The van der Waals surface area contributed by atoms with Crippen LogP contribution in [0.2, 0.25) is 5.02 Å². The largest absolute Gasteiger partial charge is 0.417 e. The minimum Gasteiger partial charge on any atom is -0.166 e. The van der Waals surface area contributed by atoms with Crippen molar-refractivity contribution in [2.24, 2.45) is 0 Å². The molecule has 0 fully saturated rings. The van der Waals surface area contributed by atoms with Crippen LogP contribution >= 0.6 is 11.6 Å². The Labute approximate surface area is 78.3 Å². The van der Waals surface area contributed by atoms with Crippen LogP contribution < -0.4 is 0 Å². The summed E-state index contributed by atoms with van der Waals surface area (Å²) in [6.45, 7) is 0. The molecule has 13 heavy (non-hydrogen) atoms. The Morgan fingerprint density at radius 2 is 1.92 bits per heavy atom. The molecule has 0 bridgehead atoms. The van der Waals surface area contributed by atoms with Crippen LogP contribution in [0.5, 0.6) is 0 Å². The summed E-state index contributed by atoms with van der Waals surface area (Å²) in [6, 6.07) is 3.18. The summed E-state index contributed by atoms with van der Waals surface area (Å²) in [5.41, 5.74) is -0.886. The number of rotatable bonds is 0. The van der Waals surface area contributed by atoms with Gasteiger partial charge in [-0.2, -0.15) is 13.2 Å². The third kappa shape index (κ3) is 2.16. The van der Waals surface area contributed by atoms with Crippen molar-refractivity contribution in [3.05, 3.63) is 40.8 Å². The van der Waals surface area contributed by atoms with E-state index in [4.69, 9.17) is 18.0 Å². The second-order valence-corrected chi connectivity index (χ2v) is 2.72. The molecule has 1 aromatic carbocycles. The first kappa shape index (κ1) is 9.94. The Hall–Kier alpha value is -1.14. The van der Waals surface area contributed by atoms with Gasteiger partial charge in [0.2, 0.25) is 0 Å². The fourth-order valence-electron chi connectivity index (χ4n) is 0.820. The van der Waals surface area contributed by atoms with Crippen LogP contribution in [0.25, 0.3) is 0 Å². The summed E-state index contributed by atoms with van der Waals surface area (Å²) in [7, 11) is 0. The van der Waals surface area contributed by atoms with E-state index in [-0.39, 0.29) is 10.6 Å². The van der Waals surface area contributed by atoms with Crippen LogP contribution in [0, 0.1) is 12.3 Å². The molecule has 0 atom stereocenters. The third-order valence-electron chi connectivity index (χ3n) is 1.42. The first-order valence-electron chi connectivity index (χ1n) is 3.24. The fraction of sp³-hybridized carbons (Fsp3) is 0.111. The average molecular weight is 204 g/mol. The van der Waals surface area contributed by atoms with Crippen molar-refractivity contribution in [1.82, 2.24) is 0 Å². The molecule has 4 heteroatoms. The van der Waals surface area contributed by atoms with Gasteiger partial charge in [-0.05, 0) is 24.6 Å². The smallest absolute Gasteiger partial charge is 0.166 e. The second kappa shape index (κ2) is 3.31. The number of hydrogen-bond donors (Lipinski definition) is 0. The minimum atomic E-state index is -4.48. The molecule has 0 N–H and O–H groups in total. The lowest BCUT2D eigenvalue weighted by molar-refractivity contribution is -0.137. The molecule has 0 nitrogen and oxygen atoms in total. The molecule has 0 saturated heterocycles. The van der Waals surface area contributed by atoms with Crippen LogP contribution in [-0.4, -0.2) is 0 Å². The molecule has 67 valence electrons. The highest BCUT2D eigenvalue weighted by Gasteiger charge is 2.33. The molecule has 0 unspecified atom stereocenters. The molecule has 0 heterocycles. The lowest BCUT2D eigenvalue weighted by atomic mass is 10.1. The van der Waals surface area contributed by atoms with E-state index >= 15 is 0 Å². The zero-order valence-corrected chi connectivity index (χ0v) is 7.00. The van der Waals surface area contributed by atoms with Crippen LogP contribution in [0.4, 0.5) is 13.2 Å². The van der Waals surface area contributed by atoms with E-state index in [1.165, 1.54) is 6.07 Å². The highest BCUT2D eigenvalue weighted by Crippen LogP contribution is 2.34. The quantitative estimate of drug-likeness (QED) is 0.568. The van der Waals surface area contributed by atoms with E-state index in [9.17, 15) is 13.2 Å². The van der Waals surface area contributed by atoms with Gasteiger partial charge in [0.15, 0.2) is 0 Å². The van der Waals surface area contributed by atoms with Gasteiger partial charge < -0.3 is 0 Å². The summed E-state index contributed by atoms with van der Waals surface area (Å²) in [6.07, 6.45) is 2.17. The number of benzene rings is 1. The van der Waals surface area contributed by atoms with Gasteiger partial charge in [0.05, 0.1) is 10.6 Å². The Balaban J connectivity index is 3.29. The highest BCUT2D eigenvalue weighted by molar-refractivity contribution is 6.31. The molecule has 0 aliphatic rings. The Morgan fingerprint density at radius 1 is 1.31 bits per heavy atom. The lowest BCUT2D eigenvalue weighted by Crippen LogP contribution is -2.05. The first-order chi connectivity index (χ1) is 5.95. The monoisotopic (exact) mass is 203 g/mol. The van der Waals surface area contributed by atoms with Crippen LogP contribution in [-0.2, 0) is 6.18 Å². The van der Waals surface area contributed by atoms with Crippen molar-refractivity contribution in [1.29, 1.82) is 0 Å². The van der Waals surface area contributed by atoms with Crippen molar-refractivity contribution in [2.75, 3.05) is 0 Å². The molecule has 1 radical (unpaired) electrons. The molecule has 1 aromatic rings. The molecule has 0 saturated carbocycles. The first-order valence-corrected chi connectivity index (χ1v) is 3.62. The maximum Gasteiger partial charge on any atom is 0.417 e. The predicted octanol–water partition coefficient (Wildman–Crippen LogP) is 3.30. The van der Waals surface area contributed by atoms with E-state index < -0.39 is 11.7 Å². The fourth-order valence-corrected chi connectivity index (χ4v) is 1.04. The van der Waals surface area contributed by atoms with Crippen LogP contribution in [0.15, 0.2) is 18.2 Å². The maximum atomic E-state index is 12.2. The van der Waals surface area contributed by atoms with Crippen molar-refractivity contribution >= 4 is 11.6 Å². The van der Waals surface area contributed by atoms with Gasteiger partial charge in [0, 0.05) is 5.56 Å². The van der Waals surface area contributed by atoms with E-state index in [1.54, 1.807) is 0 Å². The summed E-state index contributed by atoms with van der Waals surface area (Å²) < 4.78 is 36.6. The van der Waals surface area contributed by atoms with Crippen LogP contribution in [0.1, 0.15) is 11.1 Å². The number of hydrogen-bond acceptors (Lipinski definition) is 0. The molecule has 1 rings (SSSR count). The molecule has 0 aliphatic carbocycles. The van der Waals surface area contributed by atoms with Crippen molar-refractivity contribution in [3.63, 3.8) is 0 Å². The van der Waals surface area contributed by atoms with Gasteiger partial charge in [-0.1, -0.05) is 17.5 Å². The van der Waals surface area contributed by atoms with E-state index in [0.29, 0.717) is 0 Å². The van der Waals surface area contributed by atoms with Gasteiger partial charge in [-0.3, -0.25) is 0 Å². The third-order valence-corrected chi connectivity index (χ3v) is 1.75. The second-order valence-electron chi connectivity index (χ2n) is 2.32. The van der Waals surface area contributed by atoms with Crippen molar-refractivity contribution in [3.8, 4) is 5.92 Å². The van der Waals surface area contributed by atoms with Gasteiger partial charge in [-0.25, -0.2) is 0 Å². The van der Waals surface area contributed by atoms with E-state index in [0.717, 1.165) is 12.1 Å². The zero-order valence-electron chi connectivity index (χ0n) is 6.24. The van der Waals surface area contributed by atoms with Gasteiger partial charge >= 0.3 is 6.18 Å². The molecular formula is C9H3ClF3. The molecule has 0 aromatic heterocycles. The van der Waals surface area contributed by atoms with Crippen LogP contribution in [0.3, 0.4) is 0 Å². The molecular weight excluding hydrogens is 201 g/mol. The van der Waals surface area contributed by atoms with Gasteiger partial charge in [0.1, 0.15) is 0 Å². The normalized spacial score (nSPS) is 11.0. The molecule has 0 aliphatic heterocycles. The van der Waals surface area contributed by atoms with Crippen molar-refractivity contribution < 1.29 is 13.2 Å². The molecule has 0 amide bonds. The lowest BCUT2D eigenvalue weighted by Gasteiger charge is -2.08. The Kier molecular flexibility index (Phi) is 2.53. The van der Waals surface area contributed by atoms with Gasteiger partial charge in [0.25, 0.3) is 0 Å². The zero-order chi connectivity index (χ0) is 10.1. The summed E-state index contributed by atoms with van der Waals surface area (Å²) in [5, 5.41) is -0.369.